The summed E-state index contributed by atoms with van der Waals surface area (Å²) < 4.78 is 0. The lowest BCUT2D eigenvalue weighted by atomic mass is 10.2. The van der Waals surface area contributed by atoms with Crippen LogP contribution in [-0.4, -0.2) is 5.91 Å². The molecule has 0 spiro atoms. The van der Waals surface area contributed by atoms with Gasteiger partial charge in [-0.05, 0) is 48.9 Å². The van der Waals surface area contributed by atoms with Crippen molar-refractivity contribution in [2.45, 2.75) is 6.92 Å². The van der Waals surface area contributed by atoms with Gasteiger partial charge in [-0.3, -0.25) is 15.6 Å². The third-order valence-electron chi connectivity index (χ3n) is 2.44. The van der Waals surface area contributed by atoms with E-state index in [4.69, 9.17) is 11.6 Å². The van der Waals surface area contributed by atoms with Crippen molar-refractivity contribution in [2.75, 3.05) is 5.43 Å². The first-order valence-electron chi connectivity index (χ1n) is 5.54. The lowest BCUT2D eigenvalue weighted by Gasteiger charge is -2.09. The van der Waals surface area contributed by atoms with Gasteiger partial charge in [0.05, 0.1) is 5.69 Å². The molecule has 0 bridgehead atoms. The van der Waals surface area contributed by atoms with E-state index in [2.05, 4.69) is 10.9 Å². The van der Waals surface area contributed by atoms with Gasteiger partial charge in [-0.2, -0.15) is 0 Å². The zero-order valence-electron chi connectivity index (χ0n) is 9.91. The number of rotatable bonds is 3. The Balaban J connectivity index is 1.98. The SMILES string of the molecule is Cc1cccc(NNC(=O)c2ccc(Cl)cc2)c1. The minimum Gasteiger partial charge on any atom is -0.298 e. The van der Waals surface area contributed by atoms with E-state index in [0.717, 1.165) is 11.3 Å². The van der Waals surface area contributed by atoms with Crippen molar-refractivity contribution in [3.63, 3.8) is 0 Å². The number of carbonyl (C=O) groups is 1. The summed E-state index contributed by atoms with van der Waals surface area (Å²) in [6, 6.07) is 14.5. The highest BCUT2D eigenvalue weighted by atomic mass is 35.5. The average Bonchev–Trinajstić information content (AvgIpc) is 2.37. The van der Waals surface area contributed by atoms with Crippen molar-refractivity contribution >= 4 is 23.2 Å². The highest BCUT2D eigenvalue weighted by Gasteiger charge is 2.04. The van der Waals surface area contributed by atoms with Crippen LogP contribution in [0.2, 0.25) is 5.02 Å². The summed E-state index contributed by atoms with van der Waals surface area (Å²) in [5.74, 6) is -0.201. The summed E-state index contributed by atoms with van der Waals surface area (Å²) in [5, 5.41) is 0.609. The molecule has 2 aromatic rings. The van der Waals surface area contributed by atoms with E-state index in [1.54, 1.807) is 24.3 Å². The van der Waals surface area contributed by atoms with E-state index >= 15 is 0 Å². The Bertz CT molecular complexity index is 552. The van der Waals surface area contributed by atoms with Crippen LogP contribution in [0, 0.1) is 6.92 Å². The fraction of sp³-hybridized carbons (Fsp3) is 0.0714. The molecule has 0 saturated heterocycles. The molecule has 4 heteroatoms. The summed E-state index contributed by atoms with van der Waals surface area (Å²) in [4.78, 5) is 11.8. The normalized spacial score (nSPS) is 9.89. The van der Waals surface area contributed by atoms with Gasteiger partial charge in [0.1, 0.15) is 0 Å². The predicted molar refractivity (Wildman–Crippen MR) is 73.7 cm³/mol. The number of hydrogen-bond acceptors (Lipinski definition) is 2. The number of hydrogen-bond donors (Lipinski definition) is 2. The summed E-state index contributed by atoms with van der Waals surface area (Å²) in [6.07, 6.45) is 0. The van der Waals surface area contributed by atoms with Crippen molar-refractivity contribution in [2.24, 2.45) is 0 Å². The number of carbonyl (C=O) groups excluding carboxylic acids is 1. The monoisotopic (exact) mass is 260 g/mol. The van der Waals surface area contributed by atoms with Crippen molar-refractivity contribution in [3.05, 3.63) is 64.7 Å². The number of hydrazine groups is 1. The topological polar surface area (TPSA) is 41.1 Å². The predicted octanol–water partition coefficient (Wildman–Crippen LogP) is 3.41. The molecule has 0 heterocycles. The number of amides is 1. The first-order valence-corrected chi connectivity index (χ1v) is 5.91. The van der Waals surface area contributed by atoms with Gasteiger partial charge in [-0.15, -0.1) is 0 Å². The smallest absolute Gasteiger partial charge is 0.269 e. The van der Waals surface area contributed by atoms with E-state index < -0.39 is 0 Å². The average molecular weight is 261 g/mol. The summed E-state index contributed by atoms with van der Waals surface area (Å²) in [7, 11) is 0. The first kappa shape index (κ1) is 12.5. The van der Waals surface area contributed by atoms with Crippen LogP contribution in [0.15, 0.2) is 48.5 Å². The second-order valence-corrected chi connectivity index (χ2v) is 4.39. The maximum absolute atomic E-state index is 11.8. The Kier molecular flexibility index (Phi) is 3.85. The van der Waals surface area contributed by atoms with Gasteiger partial charge in [0.15, 0.2) is 0 Å². The van der Waals surface area contributed by atoms with Gasteiger partial charge in [-0.25, -0.2) is 0 Å². The first-order chi connectivity index (χ1) is 8.65. The minimum atomic E-state index is -0.201. The molecule has 0 radical (unpaired) electrons. The van der Waals surface area contributed by atoms with Gasteiger partial charge < -0.3 is 0 Å². The molecule has 0 unspecified atom stereocenters. The molecular formula is C14H13ClN2O. The van der Waals surface area contributed by atoms with E-state index in [9.17, 15) is 4.79 Å². The largest absolute Gasteiger partial charge is 0.298 e. The van der Waals surface area contributed by atoms with Gasteiger partial charge in [-0.1, -0.05) is 23.7 Å². The molecule has 0 aliphatic rings. The van der Waals surface area contributed by atoms with Gasteiger partial charge in [0.2, 0.25) is 0 Å². The van der Waals surface area contributed by atoms with Crippen LogP contribution < -0.4 is 10.9 Å². The maximum Gasteiger partial charge on any atom is 0.269 e. The molecule has 2 aromatic carbocycles. The Morgan fingerprint density at radius 3 is 2.50 bits per heavy atom. The van der Waals surface area contributed by atoms with E-state index in [1.165, 1.54) is 0 Å². The van der Waals surface area contributed by atoms with E-state index in [1.807, 2.05) is 31.2 Å². The molecule has 1 amide bonds. The van der Waals surface area contributed by atoms with Crippen molar-refractivity contribution in [3.8, 4) is 0 Å². The quantitative estimate of drug-likeness (QED) is 0.831. The number of aryl methyl sites for hydroxylation is 1. The van der Waals surface area contributed by atoms with Crippen LogP contribution in [0.25, 0.3) is 0 Å². The van der Waals surface area contributed by atoms with E-state index in [-0.39, 0.29) is 5.91 Å². The molecule has 0 aromatic heterocycles. The number of halogens is 1. The molecule has 0 saturated carbocycles. The van der Waals surface area contributed by atoms with Gasteiger partial charge in [0, 0.05) is 10.6 Å². The highest BCUT2D eigenvalue weighted by Crippen LogP contribution is 2.10. The van der Waals surface area contributed by atoms with Gasteiger partial charge in [0.25, 0.3) is 5.91 Å². The fourth-order valence-corrected chi connectivity index (χ4v) is 1.65. The lowest BCUT2D eigenvalue weighted by Crippen LogP contribution is -2.29. The molecule has 18 heavy (non-hydrogen) atoms. The van der Waals surface area contributed by atoms with Crippen molar-refractivity contribution in [1.82, 2.24) is 5.43 Å². The number of anilines is 1. The molecule has 0 aliphatic carbocycles. The second-order valence-electron chi connectivity index (χ2n) is 3.96. The standard InChI is InChI=1S/C14H13ClN2O/c1-10-3-2-4-13(9-10)16-17-14(18)11-5-7-12(15)8-6-11/h2-9,16H,1H3,(H,17,18). The third kappa shape index (κ3) is 3.25. The Labute approximate surface area is 111 Å². The highest BCUT2D eigenvalue weighted by molar-refractivity contribution is 6.30. The molecule has 3 nitrogen and oxygen atoms in total. The fourth-order valence-electron chi connectivity index (χ4n) is 1.53. The molecule has 0 fully saturated rings. The lowest BCUT2D eigenvalue weighted by molar-refractivity contribution is 0.0962. The van der Waals surface area contributed by atoms with Crippen molar-refractivity contribution in [1.29, 1.82) is 0 Å². The Morgan fingerprint density at radius 2 is 1.83 bits per heavy atom. The number of nitrogens with one attached hydrogen (secondary N) is 2. The molecule has 2 rings (SSSR count). The molecule has 92 valence electrons. The molecule has 2 N–H and O–H groups in total. The summed E-state index contributed by atoms with van der Waals surface area (Å²) >= 11 is 5.76. The minimum absolute atomic E-state index is 0.201. The number of benzene rings is 2. The summed E-state index contributed by atoms with van der Waals surface area (Å²) in [5.41, 5.74) is 8.02. The van der Waals surface area contributed by atoms with Crippen LogP contribution in [0.5, 0.6) is 0 Å². The van der Waals surface area contributed by atoms with E-state index in [0.29, 0.717) is 10.6 Å². The van der Waals surface area contributed by atoms with Gasteiger partial charge >= 0.3 is 0 Å². The van der Waals surface area contributed by atoms with Crippen LogP contribution in [-0.2, 0) is 0 Å². The molecule has 0 aliphatic heterocycles. The zero-order chi connectivity index (χ0) is 13.0. The van der Waals surface area contributed by atoms with Crippen LogP contribution in [0.3, 0.4) is 0 Å². The third-order valence-corrected chi connectivity index (χ3v) is 2.70. The molecular weight excluding hydrogens is 248 g/mol. The van der Waals surface area contributed by atoms with Crippen LogP contribution >= 0.6 is 11.6 Å². The second kappa shape index (κ2) is 5.56. The molecule has 0 atom stereocenters. The Hall–Kier alpha value is -2.00. The summed E-state index contributed by atoms with van der Waals surface area (Å²) in [6.45, 7) is 1.99. The van der Waals surface area contributed by atoms with Crippen molar-refractivity contribution < 1.29 is 4.79 Å². The zero-order valence-corrected chi connectivity index (χ0v) is 10.7. The van der Waals surface area contributed by atoms with Crippen LogP contribution in [0.1, 0.15) is 15.9 Å². The maximum atomic E-state index is 11.8. The Morgan fingerprint density at radius 1 is 1.11 bits per heavy atom. The van der Waals surface area contributed by atoms with Crippen LogP contribution in [0.4, 0.5) is 5.69 Å².